The van der Waals surface area contributed by atoms with Gasteiger partial charge in [-0.3, -0.25) is 4.79 Å². The Labute approximate surface area is 156 Å². The van der Waals surface area contributed by atoms with Gasteiger partial charge in [0.15, 0.2) is 0 Å². The van der Waals surface area contributed by atoms with Gasteiger partial charge < -0.3 is 9.47 Å². The van der Waals surface area contributed by atoms with E-state index in [0.29, 0.717) is 17.3 Å². The van der Waals surface area contributed by atoms with Crippen molar-refractivity contribution in [3.63, 3.8) is 0 Å². The molecule has 3 aromatic rings. The summed E-state index contributed by atoms with van der Waals surface area (Å²) >= 11 is 6.16. The molecule has 26 heavy (non-hydrogen) atoms. The fraction of sp³-hybridized carbons (Fsp3) is 0.263. The zero-order valence-electron chi connectivity index (χ0n) is 14.6. The lowest BCUT2D eigenvalue weighted by atomic mass is 9.97. The number of pyridine rings is 1. The highest BCUT2D eigenvalue weighted by Crippen LogP contribution is 2.33. The van der Waals surface area contributed by atoms with E-state index in [9.17, 15) is 4.79 Å². The molecule has 0 N–H and O–H groups in total. The highest BCUT2D eigenvalue weighted by Gasteiger charge is 2.30. The summed E-state index contributed by atoms with van der Waals surface area (Å²) in [6.45, 7) is 2.59. The molecule has 0 radical (unpaired) electrons. The smallest absolute Gasteiger partial charge is 0.259 e. The van der Waals surface area contributed by atoms with Crippen LogP contribution in [-0.4, -0.2) is 25.7 Å². The second kappa shape index (κ2) is 6.53. The summed E-state index contributed by atoms with van der Waals surface area (Å²) in [5.41, 5.74) is 3.43. The number of aryl methyl sites for hydroxylation is 1. The zero-order valence-corrected chi connectivity index (χ0v) is 15.3. The predicted octanol–water partition coefficient (Wildman–Crippen LogP) is 3.37. The summed E-state index contributed by atoms with van der Waals surface area (Å²) in [4.78, 5) is 18.6. The number of aromatic nitrogens is 4. The Morgan fingerprint density at radius 3 is 2.88 bits per heavy atom. The molecule has 0 fully saturated rings. The maximum Gasteiger partial charge on any atom is 0.259 e. The monoisotopic (exact) mass is 367 g/mol. The average Bonchev–Trinajstić information content (AvgIpc) is 3.20. The molecule has 1 aromatic carbocycles. The van der Waals surface area contributed by atoms with Crippen LogP contribution in [0.1, 0.15) is 40.2 Å². The SMILES string of the molecule is CC(Cc1nncn1C)c1cccc(N2Cc3c(ccnc3Cl)C2=O)c1. The Morgan fingerprint density at radius 1 is 1.31 bits per heavy atom. The number of fused-ring (bicyclic) bond motifs is 1. The summed E-state index contributed by atoms with van der Waals surface area (Å²) in [5.74, 6) is 1.15. The van der Waals surface area contributed by atoms with Gasteiger partial charge in [-0.25, -0.2) is 4.98 Å². The van der Waals surface area contributed by atoms with E-state index in [2.05, 4.69) is 34.2 Å². The van der Waals surface area contributed by atoms with Crippen LogP contribution in [0.5, 0.6) is 0 Å². The molecule has 4 rings (SSSR count). The number of carbonyl (C=O) groups is 1. The number of hydrogen-bond donors (Lipinski definition) is 0. The minimum absolute atomic E-state index is 0.0394. The first-order valence-electron chi connectivity index (χ1n) is 8.42. The van der Waals surface area contributed by atoms with E-state index in [0.717, 1.165) is 29.1 Å². The molecule has 132 valence electrons. The number of rotatable bonds is 4. The molecule has 0 spiro atoms. The predicted molar refractivity (Wildman–Crippen MR) is 99.3 cm³/mol. The highest BCUT2D eigenvalue weighted by atomic mass is 35.5. The van der Waals surface area contributed by atoms with Crippen LogP contribution in [0.25, 0.3) is 0 Å². The number of nitrogens with zero attached hydrogens (tertiary/aromatic N) is 5. The summed E-state index contributed by atoms with van der Waals surface area (Å²) in [6, 6.07) is 9.79. The van der Waals surface area contributed by atoms with Crippen molar-refractivity contribution in [1.82, 2.24) is 19.7 Å². The van der Waals surface area contributed by atoms with E-state index >= 15 is 0 Å². The maximum atomic E-state index is 12.7. The van der Waals surface area contributed by atoms with Crippen LogP contribution in [-0.2, 0) is 20.0 Å². The number of halogens is 1. The fourth-order valence-corrected chi connectivity index (χ4v) is 3.50. The first-order valence-corrected chi connectivity index (χ1v) is 8.80. The molecule has 1 amide bonds. The molecule has 1 aliphatic rings. The third kappa shape index (κ3) is 2.86. The van der Waals surface area contributed by atoms with E-state index in [1.165, 1.54) is 0 Å². The molecule has 6 nitrogen and oxygen atoms in total. The first-order chi connectivity index (χ1) is 12.5. The van der Waals surface area contributed by atoms with Crippen LogP contribution in [0.15, 0.2) is 42.9 Å². The van der Waals surface area contributed by atoms with Gasteiger partial charge in [0.2, 0.25) is 0 Å². The number of carbonyl (C=O) groups excluding carboxylic acids is 1. The van der Waals surface area contributed by atoms with Gasteiger partial charge in [0.25, 0.3) is 5.91 Å². The highest BCUT2D eigenvalue weighted by molar-refractivity contribution is 6.31. The third-order valence-electron chi connectivity index (χ3n) is 4.84. The number of benzene rings is 1. The van der Waals surface area contributed by atoms with E-state index < -0.39 is 0 Å². The van der Waals surface area contributed by atoms with E-state index in [1.807, 2.05) is 23.7 Å². The Hall–Kier alpha value is -2.73. The summed E-state index contributed by atoms with van der Waals surface area (Å²) in [5, 5.41) is 8.48. The fourth-order valence-electron chi connectivity index (χ4n) is 3.28. The van der Waals surface area contributed by atoms with Crippen molar-refractivity contribution in [2.45, 2.75) is 25.8 Å². The average molecular weight is 368 g/mol. The van der Waals surface area contributed by atoms with Crippen LogP contribution < -0.4 is 4.90 Å². The van der Waals surface area contributed by atoms with Crippen LogP contribution in [0.4, 0.5) is 5.69 Å². The largest absolute Gasteiger partial charge is 0.321 e. The summed E-state index contributed by atoms with van der Waals surface area (Å²) in [7, 11) is 1.94. The van der Waals surface area contributed by atoms with E-state index in [-0.39, 0.29) is 11.8 Å². The van der Waals surface area contributed by atoms with E-state index in [1.54, 1.807) is 23.5 Å². The van der Waals surface area contributed by atoms with Gasteiger partial charge in [-0.1, -0.05) is 30.7 Å². The van der Waals surface area contributed by atoms with Crippen LogP contribution in [0.2, 0.25) is 5.15 Å². The normalized spacial score (nSPS) is 14.6. The topological polar surface area (TPSA) is 63.9 Å². The molecule has 0 bridgehead atoms. The van der Waals surface area contributed by atoms with Crippen LogP contribution >= 0.6 is 11.6 Å². The van der Waals surface area contributed by atoms with Crippen molar-refractivity contribution >= 4 is 23.2 Å². The molecule has 3 heterocycles. The molecule has 1 aliphatic heterocycles. The molecular formula is C19H18ClN5O. The Kier molecular flexibility index (Phi) is 4.20. The van der Waals surface area contributed by atoms with Crippen molar-refractivity contribution in [2.24, 2.45) is 7.05 Å². The molecule has 0 saturated heterocycles. The minimum atomic E-state index is -0.0394. The first kappa shape index (κ1) is 16.7. The molecule has 2 aromatic heterocycles. The molecule has 1 atom stereocenters. The lowest BCUT2D eigenvalue weighted by molar-refractivity contribution is 0.0996. The van der Waals surface area contributed by atoms with E-state index in [4.69, 9.17) is 11.6 Å². The van der Waals surface area contributed by atoms with Crippen molar-refractivity contribution in [3.8, 4) is 0 Å². The Balaban J connectivity index is 1.60. The minimum Gasteiger partial charge on any atom is -0.321 e. The van der Waals surface area contributed by atoms with Gasteiger partial charge in [-0.05, 0) is 29.7 Å². The Morgan fingerprint density at radius 2 is 2.15 bits per heavy atom. The second-order valence-electron chi connectivity index (χ2n) is 6.58. The van der Waals surface area contributed by atoms with Crippen molar-refractivity contribution < 1.29 is 4.79 Å². The molecule has 1 unspecified atom stereocenters. The zero-order chi connectivity index (χ0) is 18.3. The summed E-state index contributed by atoms with van der Waals surface area (Å²) in [6.07, 6.45) is 4.06. The molecule has 0 saturated carbocycles. The quantitative estimate of drug-likeness (QED) is 0.663. The van der Waals surface area contributed by atoms with Gasteiger partial charge in [0.05, 0.1) is 6.54 Å². The van der Waals surface area contributed by atoms with Gasteiger partial charge in [-0.15, -0.1) is 10.2 Å². The van der Waals surface area contributed by atoms with Crippen LogP contribution in [0.3, 0.4) is 0 Å². The van der Waals surface area contributed by atoms with Crippen molar-refractivity contribution in [1.29, 1.82) is 0 Å². The summed E-state index contributed by atoms with van der Waals surface area (Å²) < 4.78 is 1.93. The van der Waals surface area contributed by atoms with Crippen molar-refractivity contribution in [3.05, 3.63) is 70.5 Å². The van der Waals surface area contributed by atoms with Gasteiger partial charge in [-0.2, -0.15) is 0 Å². The molecular weight excluding hydrogens is 350 g/mol. The standard InChI is InChI=1S/C19H18ClN5O/c1-12(8-17-23-22-11-24(17)2)13-4-3-5-14(9-13)25-10-16-15(19(25)26)6-7-21-18(16)20/h3-7,9,11-12H,8,10H2,1-2H3. The lowest BCUT2D eigenvalue weighted by Crippen LogP contribution is -2.23. The maximum absolute atomic E-state index is 12.7. The van der Waals surface area contributed by atoms with Gasteiger partial charge in [0, 0.05) is 36.5 Å². The van der Waals surface area contributed by atoms with Gasteiger partial charge in [0.1, 0.15) is 17.3 Å². The van der Waals surface area contributed by atoms with Crippen molar-refractivity contribution in [2.75, 3.05) is 4.90 Å². The lowest BCUT2D eigenvalue weighted by Gasteiger charge is -2.19. The third-order valence-corrected chi connectivity index (χ3v) is 5.17. The molecule has 0 aliphatic carbocycles. The molecule has 7 heteroatoms. The van der Waals surface area contributed by atoms with Gasteiger partial charge >= 0.3 is 0 Å². The van der Waals surface area contributed by atoms with Crippen LogP contribution in [0, 0.1) is 0 Å². The number of anilines is 1. The second-order valence-corrected chi connectivity index (χ2v) is 6.94. The number of hydrogen-bond acceptors (Lipinski definition) is 4. The number of amides is 1. The Bertz CT molecular complexity index is 984.